The molecule has 11 heteroatoms. The molecule has 198 valence electrons. The Labute approximate surface area is 215 Å². The monoisotopic (exact) mass is 527 g/mol. The van der Waals surface area contributed by atoms with Crippen LogP contribution in [0.2, 0.25) is 0 Å². The van der Waals surface area contributed by atoms with Crippen molar-refractivity contribution in [2.45, 2.75) is 31.7 Å². The molecule has 2 N–H and O–H groups in total. The highest BCUT2D eigenvalue weighted by atomic mass is 19.4. The number of fused-ring (bicyclic) bond motifs is 1. The highest BCUT2D eigenvalue weighted by molar-refractivity contribution is 6.42. The second kappa shape index (κ2) is 10.3. The van der Waals surface area contributed by atoms with Crippen molar-refractivity contribution in [3.8, 4) is 11.1 Å². The number of amides is 1. The second-order valence-corrected chi connectivity index (χ2v) is 8.87. The van der Waals surface area contributed by atoms with Gasteiger partial charge in [0, 0.05) is 31.8 Å². The molecule has 0 bridgehead atoms. The van der Waals surface area contributed by atoms with Crippen LogP contribution < -0.4 is 10.9 Å². The van der Waals surface area contributed by atoms with Crippen LogP contribution in [0, 0.1) is 6.92 Å². The minimum absolute atomic E-state index is 0.0187. The zero-order valence-corrected chi connectivity index (χ0v) is 20.7. The fourth-order valence-corrected chi connectivity index (χ4v) is 4.35. The summed E-state index contributed by atoms with van der Waals surface area (Å²) in [6.07, 6.45) is -5.65. The van der Waals surface area contributed by atoms with Crippen LogP contribution in [0.5, 0.6) is 0 Å². The van der Waals surface area contributed by atoms with E-state index < -0.39 is 46.9 Å². The molecule has 0 saturated heterocycles. The zero-order valence-electron chi connectivity index (χ0n) is 20.7. The third kappa shape index (κ3) is 5.10. The van der Waals surface area contributed by atoms with E-state index in [0.29, 0.717) is 16.8 Å². The molecule has 2 heterocycles. The number of aliphatic carboxylic acids is 1. The number of ether oxygens (including phenoxy) is 1. The number of carboxylic acids is 1. The van der Waals surface area contributed by atoms with E-state index in [2.05, 4.69) is 10.3 Å². The molecular weight excluding hydrogens is 503 g/mol. The zero-order chi connectivity index (χ0) is 27.8. The lowest BCUT2D eigenvalue weighted by atomic mass is 9.97. The molecule has 4 rings (SSSR count). The third-order valence-electron chi connectivity index (χ3n) is 6.44. The molecule has 8 nitrogen and oxygen atoms in total. The summed E-state index contributed by atoms with van der Waals surface area (Å²) in [5.41, 5.74) is -0.462. The number of nitrogens with zero attached hydrogens (tertiary/aromatic N) is 2. The molecule has 2 unspecified atom stereocenters. The van der Waals surface area contributed by atoms with E-state index in [-0.39, 0.29) is 23.4 Å². The summed E-state index contributed by atoms with van der Waals surface area (Å²) in [7, 11) is 2.80. The van der Waals surface area contributed by atoms with E-state index in [0.717, 1.165) is 10.6 Å². The maximum absolute atomic E-state index is 13.7. The number of rotatable bonds is 7. The van der Waals surface area contributed by atoms with Gasteiger partial charge in [-0.1, -0.05) is 42.5 Å². The molecule has 0 radical (unpaired) electrons. The number of benzene rings is 2. The fraction of sp³-hybridized carbons (Fsp3) is 0.259. The molecule has 1 aromatic heterocycles. The van der Waals surface area contributed by atoms with Crippen molar-refractivity contribution in [2.24, 2.45) is 12.0 Å². The lowest BCUT2D eigenvalue weighted by Gasteiger charge is -2.18. The number of aliphatic imine (C=N–C) groups is 1. The molecular formula is C27H24F3N3O5. The van der Waals surface area contributed by atoms with Crippen molar-refractivity contribution in [3.63, 3.8) is 0 Å². The Morgan fingerprint density at radius 2 is 1.82 bits per heavy atom. The van der Waals surface area contributed by atoms with Crippen molar-refractivity contribution in [1.29, 1.82) is 0 Å². The summed E-state index contributed by atoms with van der Waals surface area (Å²) in [6, 6.07) is 12.1. The van der Waals surface area contributed by atoms with E-state index in [1.54, 1.807) is 24.3 Å². The van der Waals surface area contributed by atoms with Crippen molar-refractivity contribution in [1.82, 2.24) is 9.88 Å². The Morgan fingerprint density at radius 3 is 2.42 bits per heavy atom. The van der Waals surface area contributed by atoms with Gasteiger partial charge in [0.25, 0.3) is 11.5 Å². The van der Waals surface area contributed by atoms with Gasteiger partial charge in [-0.25, -0.2) is 9.79 Å². The van der Waals surface area contributed by atoms with Crippen molar-refractivity contribution in [3.05, 3.63) is 87.3 Å². The fourth-order valence-electron chi connectivity index (χ4n) is 4.35. The third-order valence-corrected chi connectivity index (χ3v) is 6.44. The van der Waals surface area contributed by atoms with Gasteiger partial charge in [-0.15, -0.1) is 0 Å². The van der Waals surface area contributed by atoms with E-state index in [1.807, 2.05) is 0 Å². The average molecular weight is 527 g/mol. The first-order valence-corrected chi connectivity index (χ1v) is 11.5. The van der Waals surface area contributed by atoms with Crippen LogP contribution in [-0.4, -0.2) is 40.4 Å². The number of hydrogen-bond donors (Lipinski definition) is 2. The number of carbonyl (C=O) groups excluding carboxylic acids is 1. The Bertz CT molecular complexity index is 1490. The SMILES string of the molecule is COC1C(C(=O)NC(Cc2ccc(-c3c(C(F)(F)F)cc(C)n(C)c3=O)cc2)C(=O)O)=Nc2ccccc21. The summed E-state index contributed by atoms with van der Waals surface area (Å²) in [5.74, 6) is -2.02. The number of aryl methyl sites for hydroxylation is 1. The first-order chi connectivity index (χ1) is 17.9. The number of pyridine rings is 1. The van der Waals surface area contributed by atoms with Crippen LogP contribution in [0.4, 0.5) is 18.9 Å². The molecule has 2 aromatic carbocycles. The van der Waals surface area contributed by atoms with Crippen LogP contribution in [0.1, 0.15) is 28.5 Å². The Kier molecular flexibility index (Phi) is 7.23. The van der Waals surface area contributed by atoms with E-state index in [4.69, 9.17) is 4.74 Å². The number of alkyl halides is 3. The van der Waals surface area contributed by atoms with Gasteiger partial charge in [0.2, 0.25) is 0 Å². The summed E-state index contributed by atoms with van der Waals surface area (Å²) >= 11 is 0. The Balaban J connectivity index is 1.57. The minimum atomic E-state index is -4.74. The lowest BCUT2D eigenvalue weighted by molar-refractivity contribution is -0.141. The van der Waals surface area contributed by atoms with Gasteiger partial charge in [0.1, 0.15) is 17.9 Å². The predicted octanol–water partition coefficient (Wildman–Crippen LogP) is 3.97. The second-order valence-electron chi connectivity index (χ2n) is 8.87. The van der Waals surface area contributed by atoms with Gasteiger partial charge >= 0.3 is 12.1 Å². The largest absolute Gasteiger partial charge is 0.480 e. The van der Waals surface area contributed by atoms with E-state index in [9.17, 15) is 32.7 Å². The highest BCUT2D eigenvalue weighted by Gasteiger charge is 2.36. The van der Waals surface area contributed by atoms with Gasteiger partial charge in [0.15, 0.2) is 0 Å². The molecule has 0 fully saturated rings. The molecule has 1 aliphatic rings. The first kappa shape index (κ1) is 26.8. The number of carboxylic acid groups (broad SMARTS) is 1. The molecule has 38 heavy (non-hydrogen) atoms. The van der Waals surface area contributed by atoms with Gasteiger partial charge in [-0.3, -0.25) is 9.59 Å². The normalized spacial score (nSPS) is 15.5. The van der Waals surface area contributed by atoms with Gasteiger partial charge in [-0.05, 0) is 30.2 Å². The number of para-hydroxylation sites is 1. The molecule has 3 aromatic rings. The van der Waals surface area contributed by atoms with Crippen molar-refractivity contribution < 1.29 is 32.6 Å². The first-order valence-electron chi connectivity index (χ1n) is 11.5. The number of nitrogens with one attached hydrogen (secondary N) is 1. The maximum Gasteiger partial charge on any atom is 0.417 e. The molecule has 1 amide bonds. The van der Waals surface area contributed by atoms with E-state index in [1.165, 1.54) is 45.3 Å². The molecule has 2 atom stereocenters. The van der Waals surface area contributed by atoms with Gasteiger partial charge in [0.05, 0.1) is 16.8 Å². The maximum atomic E-state index is 13.7. The van der Waals surface area contributed by atoms with Crippen LogP contribution in [0.3, 0.4) is 0 Å². The average Bonchev–Trinajstić information content (AvgIpc) is 3.25. The molecule has 1 aliphatic heterocycles. The van der Waals surface area contributed by atoms with E-state index >= 15 is 0 Å². The lowest BCUT2D eigenvalue weighted by Crippen LogP contribution is -2.46. The summed E-state index contributed by atoms with van der Waals surface area (Å²) < 4.78 is 47.6. The van der Waals surface area contributed by atoms with Crippen LogP contribution in [0.15, 0.2) is 64.4 Å². The number of halogens is 3. The highest BCUT2D eigenvalue weighted by Crippen LogP contribution is 2.37. The van der Waals surface area contributed by atoms with Gasteiger partial charge < -0.3 is 19.7 Å². The molecule has 0 saturated carbocycles. The van der Waals surface area contributed by atoms with Crippen molar-refractivity contribution >= 4 is 23.3 Å². The number of hydrogen-bond acceptors (Lipinski definition) is 5. The van der Waals surface area contributed by atoms with Crippen LogP contribution in [0.25, 0.3) is 11.1 Å². The topological polar surface area (TPSA) is 110 Å². The number of aromatic nitrogens is 1. The summed E-state index contributed by atoms with van der Waals surface area (Å²) in [4.78, 5) is 41.8. The Morgan fingerprint density at radius 1 is 1.16 bits per heavy atom. The Hall–Kier alpha value is -4.25. The van der Waals surface area contributed by atoms with Crippen LogP contribution in [-0.2, 0) is 34.0 Å². The number of carbonyl (C=O) groups is 2. The van der Waals surface area contributed by atoms with Crippen molar-refractivity contribution in [2.75, 3.05) is 7.11 Å². The minimum Gasteiger partial charge on any atom is -0.480 e. The summed E-state index contributed by atoms with van der Waals surface area (Å²) in [6.45, 7) is 1.41. The van der Waals surface area contributed by atoms with Crippen LogP contribution >= 0.6 is 0 Å². The molecule has 0 spiro atoms. The smallest absolute Gasteiger partial charge is 0.417 e. The quantitative estimate of drug-likeness (QED) is 0.483. The predicted molar refractivity (Wildman–Crippen MR) is 133 cm³/mol. The standard InChI is InChI=1S/C27H24F3N3O5/c1-14-12-18(27(28,29)30)21(25(35)33(14)2)16-10-8-15(9-11-16)13-20(26(36)37)32-24(34)22-23(38-3)17-6-4-5-7-19(17)31-22/h4-12,20,23H,13H2,1-3H3,(H,32,34)(H,36,37). The molecule has 0 aliphatic carbocycles. The summed E-state index contributed by atoms with van der Waals surface area (Å²) in [5, 5.41) is 12.2. The number of methoxy groups -OCH3 is 1. The van der Waals surface area contributed by atoms with Gasteiger partial charge in [-0.2, -0.15) is 13.2 Å².